The molecule has 0 aliphatic carbocycles. The molecule has 0 amide bonds. The summed E-state index contributed by atoms with van der Waals surface area (Å²) in [4.78, 5) is 4.07. The molecule has 1 rings (SSSR count). The van der Waals surface area contributed by atoms with Crippen LogP contribution < -0.4 is 10.5 Å². The van der Waals surface area contributed by atoms with E-state index in [1.165, 1.54) is 5.56 Å². The van der Waals surface area contributed by atoms with E-state index in [1.54, 1.807) is 13.3 Å². The summed E-state index contributed by atoms with van der Waals surface area (Å²) in [5, 5.41) is 0. The quantitative estimate of drug-likeness (QED) is 0.761. The van der Waals surface area contributed by atoms with Gasteiger partial charge < -0.3 is 10.5 Å². The third kappa shape index (κ3) is 3.42. The van der Waals surface area contributed by atoms with Crippen LogP contribution in [0.3, 0.4) is 0 Å². The number of nitrogens with two attached hydrogens (primary N) is 1. The molecule has 0 saturated carbocycles. The van der Waals surface area contributed by atoms with Gasteiger partial charge in [0, 0.05) is 12.2 Å². The Kier molecular flexibility index (Phi) is 3.71. The van der Waals surface area contributed by atoms with E-state index >= 15 is 0 Å². The van der Waals surface area contributed by atoms with Crippen LogP contribution in [0.25, 0.3) is 0 Å². The molecule has 0 unspecified atom stereocenters. The Morgan fingerprint density at radius 3 is 2.92 bits per heavy atom. The molecule has 0 aliphatic heterocycles. The first-order valence-corrected chi connectivity index (χ1v) is 4.46. The van der Waals surface area contributed by atoms with E-state index in [9.17, 15) is 0 Å². The van der Waals surface area contributed by atoms with Gasteiger partial charge in [0.2, 0.25) is 0 Å². The van der Waals surface area contributed by atoms with E-state index in [1.807, 2.05) is 19.2 Å². The molecule has 72 valence electrons. The first-order chi connectivity index (χ1) is 6.22. The van der Waals surface area contributed by atoms with Crippen molar-refractivity contribution < 1.29 is 4.74 Å². The summed E-state index contributed by atoms with van der Waals surface area (Å²) in [5.41, 5.74) is 6.84. The molecule has 0 spiro atoms. The lowest BCUT2D eigenvalue weighted by molar-refractivity contribution is 0.412. The number of rotatable bonds is 4. The molecule has 2 N–H and O–H groups in total. The minimum absolute atomic E-state index is 0.242. The van der Waals surface area contributed by atoms with E-state index in [0.717, 1.165) is 18.6 Å². The predicted molar refractivity (Wildman–Crippen MR) is 52.8 cm³/mol. The van der Waals surface area contributed by atoms with E-state index < -0.39 is 0 Å². The Hall–Kier alpha value is -1.09. The van der Waals surface area contributed by atoms with Crippen LogP contribution in [0, 0.1) is 0 Å². The van der Waals surface area contributed by atoms with Crippen molar-refractivity contribution in [2.24, 2.45) is 5.73 Å². The summed E-state index contributed by atoms with van der Waals surface area (Å²) in [6.45, 7) is 2.01. The van der Waals surface area contributed by atoms with Crippen LogP contribution in [-0.4, -0.2) is 18.1 Å². The first-order valence-electron chi connectivity index (χ1n) is 4.46. The van der Waals surface area contributed by atoms with E-state index in [2.05, 4.69) is 4.98 Å². The largest absolute Gasteiger partial charge is 0.495 e. The smallest absolute Gasteiger partial charge is 0.137 e. The minimum Gasteiger partial charge on any atom is -0.495 e. The van der Waals surface area contributed by atoms with Gasteiger partial charge in [-0.3, -0.25) is 4.98 Å². The zero-order valence-corrected chi connectivity index (χ0v) is 8.16. The van der Waals surface area contributed by atoms with Gasteiger partial charge in [-0.15, -0.1) is 0 Å². The topological polar surface area (TPSA) is 48.1 Å². The number of ether oxygens (including phenoxy) is 1. The number of hydrogen-bond donors (Lipinski definition) is 1. The molecule has 0 bridgehead atoms. The lowest BCUT2D eigenvalue weighted by atomic mass is 10.1. The van der Waals surface area contributed by atoms with Gasteiger partial charge in [-0.25, -0.2) is 0 Å². The third-order valence-electron chi connectivity index (χ3n) is 1.89. The molecule has 1 heterocycles. The highest BCUT2D eigenvalue weighted by molar-refractivity contribution is 5.23. The Balaban J connectivity index is 2.56. The van der Waals surface area contributed by atoms with Gasteiger partial charge in [0.15, 0.2) is 0 Å². The molecule has 0 aliphatic rings. The van der Waals surface area contributed by atoms with Gasteiger partial charge in [-0.1, -0.05) is 0 Å². The van der Waals surface area contributed by atoms with Crippen molar-refractivity contribution in [1.29, 1.82) is 0 Å². The fraction of sp³-hybridized carbons (Fsp3) is 0.500. The normalized spacial score (nSPS) is 12.5. The molecule has 1 aromatic rings. The zero-order valence-electron chi connectivity index (χ0n) is 8.16. The van der Waals surface area contributed by atoms with Crippen LogP contribution in [0.2, 0.25) is 0 Å². The second-order valence-corrected chi connectivity index (χ2v) is 3.25. The van der Waals surface area contributed by atoms with Crippen molar-refractivity contribution in [2.45, 2.75) is 25.8 Å². The number of pyridine rings is 1. The summed E-state index contributed by atoms with van der Waals surface area (Å²) < 4.78 is 5.07. The summed E-state index contributed by atoms with van der Waals surface area (Å²) in [6, 6.07) is 2.24. The molecule has 0 radical (unpaired) electrons. The van der Waals surface area contributed by atoms with Crippen LogP contribution in [0.15, 0.2) is 18.5 Å². The Bertz CT molecular complexity index is 261. The second-order valence-electron chi connectivity index (χ2n) is 3.25. The number of nitrogens with zero attached hydrogens (tertiary/aromatic N) is 1. The lowest BCUT2D eigenvalue weighted by Gasteiger charge is -2.05. The molecule has 1 aromatic heterocycles. The van der Waals surface area contributed by atoms with Crippen molar-refractivity contribution in [3.05, 3.63) is 24.0 Å². The molecular formula is C10H16N2O. The van der Waals surface area contributed by atoms with E-state index in [4.69, 9.17) is 10.5 Å². The zero-order chi connectivity index (χ0) is 9.68. The van der Waals surface area contributed by atoms with Gasteiger partial charge in [0.1, 0.15) is 5.75 Å². The van der Waals surface area contributed by atoms with Crippen molar-refractivity contribution >= 4 is 0 Å². The van der Waals surface area contributed by atoms with Crippen LogP contribution in [0.5, 0.6) is 5.75 Å². The Morgan fingerprint density at radius 1 is 1.54 bits per heavy atom. The maximum atomic E-state index is 5.66. The maximum Gasteiger partial charge on any atom is 0.137 e. The molecule has 0 fully saturated rings. The molecular weight excluding hydrogens is 164 g/mol. The minimum atomic E-state index is 0.242. The molecule has 13 heavy (non-hydrogen) atoms. The molecule has 1 atom stereocenters. The highest BCUT2D eigenvalue weighted by Crippen LogP contribution is 2.11. The Labute approximate surface area is 78.9 Å². The van der Waals surface area contributed by atoms with E-state index in [0.29, 0.717) is 0 Å². The summed E-state index contributed by atoms with van der Waals surface area (Å²) in [7, 11) is 1.65. The number of aryl methyl sites for hydroxylation is 1. The molecule has 0 saturated heterocycles. The first kappa shape index (κ1) is 9.99. The molecule has 3 nitrogen and oxygen atoms in total. The Morgan fingerprint density at radius 2 is 2.31 bits per heavy atom. The fourth-order valence-corrected chi connectivity index (χ4v) is 1.11. The highest BCUT2D eigenvalue weighted by atomic mass is 16.5. The summed E-state index contributed by atoms with van der Waals surface area (Å²) in [5.74, 6) is 0.808. The van der Waals surface area contributed by atoms with Gasteiger partial charge in [0.05, 0.1) is 13.3 Å². The second kappa shape index (κ2) is 4.82. The SMILES string of the molecule is COc1cncc(CC[C@@H](C)N)c1. The van der Waals surface area contributed by atoms with Crippen molar-refractivity contribution in [3.8, 4) is 5.75 Å². The van der Waals surface area contributed by atoms with Crippen LogP contribution in [0.1, 0.15) is 18.9 Å². The highest BCUT2D eigenvalue weighted by Gasteiger charge is 1.98. The summed E-state index contributed by atoms with van der Waals surface area (Å²) in [6.07, 6.45) is 5.50. The average molecular weight is 180 g/mol. The molecule has 0 aromatic carbocycles. The van der Waals surface area contributed by atoms with Crippen molar-refractivity contribution in [1.82, 2.24) is 4.98 Å². The number of hydrogen-bond acceptors (Lipinski definition) is 3. The fourth-order valence-electron chi connectivity index (χ4n) is 1.11. The maximum absolute atomic E-state index is 5.66. The van der Waals surface area contributed by atoms with Crippen molar-refractivity contribution in [2.75, 3.05) is 7.11 Å². The van der Waals surface area contributed by atoms with Crippen LogP contribution in [-0.2, 0) is 6.42 Å². The number of aromatic nitrogens is 1. The average Bonchev–Trinajstić information content (AvgIpc) is 2.15. The monoisotopic (exact) mass is 180 g/mol. The van der Waals surface area contributed by atoms with E-state index in [-0.39, 0.29) is 6.04 Å². The van der Waals surface area contributed by atoms with Gasteiger partial charge >= 0.3 is 0 Å². The summed E-state index contributed by atoms with van der Waals surface area (Å²) >= 11 is 0. The predicted octanol–water partition coefficient (Wildman–Crippen LogP) is 1.37. The van der Waals surface area contributed by atoms with Gasteiger partial charge in [0.25, 0.3) is 0 Å². The third-order valence-corrected chi connectivity index (χ3v) is 1.89. The lowest BCUT2D eigenvalue weighted by Crippen LogP contribution is -2.15. The van der Waals surface area contributed by atoms with Crippen molar-refractivity contribution in [3.63, 3.8) is 0 Å². The van der Waals surface area contributed by atoms with Gasteiger partial charge in [-0.05, 0) is 31.4 Å². The van der Waals surface area contributed by atoms with Gasteiger partial charge in [-0.2, -0.15) is 0 Å². The standard InChI is InChI=1S/C10H16N2O/c1-8(11)3-4-9-5-10(13-2)7-12-6-9/h5-8H,3-4,11H2,1-2H3/t8-/m1/s1. The van der Waals surface area contributed by atoms with Crippen LogP contribution >= 0.6 is 0 Å². The van der Waals surface area contributed by atoms with Crippen LogP contribution in [0.4, 0.5) is 0 Å². The molecule has 3 heteroatoms. The number of methoxy groups -OCH3 is 1.